The molecule has 0 amide bonds. The molecule has 1 aromatic heterocycles. The summed E-state index contributed by atoms with van der Waals surface area (Å²) in [5.41, 5.74) is 3.94. The summed E-state index contributed by atoms with van der Waals surface area (Å²) in [5, 5.41) is 1.31. The van der Waals surface area contributed by atoms with E-state index in [0.29, 0.717) is 0 Å². The first-order valence-electron chi connectivity index (χ1n) is 7.58. The van der Waals surface area contributed by atoms with Crippen LogP contribution in [0.2, 0.25) is 0 Å². The SMILES string of the molecule is C\C=C/C(I)=C(\N=C\C)n1c2c(c3ccccc31)C=CCC2. The lowest BCUT2D eigenvalue weighted by molar-refractivity contribution is 0.891. The van der Waals surface area contributed by atoms with E-state index in [4.69, 9.17) is 0 Å². The molecular formula is C19H19IN2. The lowest BCUT2D eigenvalue weighted by Gasteiger charge is -2.14. The molecule has 0 N–H and O–H groups in total. The summed E-state index contributed by atoms with van der Waals surface area (Å²) in [6, 6.07) is 8.60. The molecule has 22 heavy (non-hydrogen) atoms. The van der Waals surface area contributed by atoms with Gasteiger partial charge < -0.3 is 0 Å². The summed E-state index contributed by atoms with van der Waals surface area (Å²) in [7, 11) is 0. The van der Waals surface area contributed by atoms with Gasteiger partial charge in [-0.3, -0.25) is 4.57 Å². The molecule has 0 spiro atoms. The largest absolute Gasteiger partial charge is 0.297 e. The van der Waals surface area contributed by atoms with Crippen molar-refractivity contribution in [3.8, 4) is 0 Å². The molecule has 3 rings (SSSR count). The second kappa shape index (κ2) is 6.65. The van der Waals surface area contributed by atoms with Crippen LogP contribution in [-0.4, -0.2) is 10.8 Å². The third-order valence-electron chi connectivity index (χ3n) is 3.84. The molecule has 2 nitrogen and oxygen atoms in total. The maximum absolute atomic E-state index is 4.68. The molecular weight excluding hydrogens is 383 g/mol. The minimum absolute atomic E-state index is 1.01. The summed E-state index contributed by atoms with van der Waals surface area (Å²) in [6.45, 7) is 4.01. The maximum atomic E-state index is 4.68. The number of hydrogen-bond acceptors (Lipinski definition) is 1. The number of fused-ring (bicyclic) bond motifs is 3. The van der Waals surface area contributed by atoms with Crippen LogP contribution in [0.4, 0.5) is 0 Å². The standard InChI is InChI=1S/C19H19IN2/c1-3-9-16(20)19(21-4-2)22-17-12-7-5-10-14(17)15-11-6-8-13-18(15)22/h3-7,9-12H,8,13H2,1-2H3/b9-3-,19-16-,21-4+. The van der Waals surface area contributed by atoms with E-state index >= 15 is 0 Å². The Hall–Kier alpha value is -1.62. The highest BCUT2D eigenvalue weighted by atomic mass is 127. The first kappa shape index (κ1) is 15.3. The Morgan fingerprint density at radius 1 is 1.27 bits per heavy atom. The minimum atomic E-state index is 1.01. The fourth-order valence-corrected chi connectivity index (χ4v) is 3.72. The van der Waals surface area contributed by atoms with E-state index in [9.17, 15) is 0 Å². The highest BCUT2D eigenvalue weighted by Crippen LogP contribution is 2.35. The van der Waals surface area contributed by atoms with Gasteiger partial charge in [0.1, 0.15) is 5.82 Å². The van der Waals surface area contributed by atoms with Gasteiger partial charge in [-0.15, -0.1) is 0 Å². The van der Waals surface area contributed by atoms with Crippen LogP contribution in [0.3, 0.4) is 0 Å². The Morgan fingerprint density at radius 2 is 2.09 bits per heavy atom. The third-order valence-corrected chi connectivity index (χ3v) is 4.68. The average Bonchev–Trinajstić information content (AvgIpc) is 2.87. The Balaban J connectivity index is 2.39. The molecule has 0 atom stereocenters. The fraction of sp³-hybridized carbons (Fsp3) is 0.211. The van der Waals surface area contributed by atoms with E-state index < -0.39 is 0 Å². The molecule has 0 unspecified atom stereocenters. The second-order valence-corrected chi connectivity index (χ2v) is 6.38. The fourth-order valence-electron chi connectivity index (χ4n) is 2.98. The third kappa shape index (κ3) is 2.58. The van der Waals surface area contributed by atoms with Gasteiger partial charge >= 0.3 is 0 Å². The molecule has 112 valence electrons. The van der Waals surface area contributed by atoms with Gasteiger partial charge in [0.25, 0.3) is 0 Å². The van der Waals surface area contributed by atoms with Crippen LogP contribution in [0.15, 0.2) is 51.1 Å². The normalized spacial score (nSPS) is 15.8. The van der Waals surface area contributed by atoms with E-state index in [1.807, 2.05) is 20.1 Å². The van der Waals surface area contributed by atoms with E-state index in [1.165, 1.54) is 22.2 Å². The van der Waals surface area contributed by atoms with Crippen molar-refractivity contribution in [2.75, 3.05) is 0 Å². The van der Waals surface area contributed by atoms with Crippen molar-refractivity contribution in [1.29, 1.82) is 0 Å². The first-order chi connectivity index (χ1) is 10.8. The predicted octanol–water partition coefficient (Wildman–Crippen LogP) is 5.83. The zero-order valence-electron chi connectivity index (χ0n) is 12.9. The summed E-state index contributed by atoms with van der Waals surface area (Å²) in [6.07, 6.45) is 12.7. The molecule has 0 radical (unpaired) electrons. The number of rotatable bonds is 3. The summed E-state index contributed by atoms with van der Waals surface area (Å²) in [4.78, 5) is 4.68. The average molecular weight is 402 g/mol. The van der Waals surface area contributed by atoms with Crippen molar-refractivity contribution in [3.63, 3.8) is 0 Å². The number of aliphatic imine (C=N–C) groups is 1. The van der Waals surface area contributed by atoms with E-state index in [1.54, 1.807) is 0 Å². The van der Waals surface area contributed by atoms with Crippen LogP contribution in [-0.2, 0) is 6.42 Å². The second-order valence-electron chi connectivity index (χ2n) is 5.21. The number of nitrogens with zero attached hydrogens (tertiary/aromatic N) is 2. The monoisotopic (exact) mass is 402 g/mol. The summed E-state index contributed by atoms with van der Waals surface area (Å²) in [5.74, 6) is 1.01. The van der Waals surface area contributed by atoms with Gasteiger partial charge in [0.15, 0.2) is 0 Å². The van der Waals surface area contributed by atoms with Crippen LogP contribution in [0, 0.1) is 0 Å². The molecule has 0 fully saturated rings. The smallest absolute Gasteiger partial charge is 0.150 e. The van der Waals surface area contributed by atoms with Crippen LogP contribution in [0.25, 0.3) is 22.8 Å². The predicted molar refractivity (Wildman–Crippen MR) is 106 cm³/mol. The van der Waals surface area contributed by atoms with Crippen molar-refractivity contribution in [1.82, 2.24) is 4.57 Å². The highest BCUT2D eigenvalue weighted by molar-refractivity contribution is 14.1. The van der Waals surface area contributed by atoms with E-state index in [0.717, 1.165) is 22.2 Å². The zero-order chi connectivity index (χ0) is 15.5. The number of allylic oxidation sites excluding steroid dienone is 4. The van der Waals surface area contributed by atoms with Gasteiger partial charge in [-0.2, -0.15) is 0 Å². The van der Waals surface area contributed by atoms with Gasteiger partial charge in [0, 0.05) is 22.9 Å². The van der Waals surface area contributed by atoms with Crippen molar-refractivity contribution >= 4 is 51.6 Å². The van der Waals surface area contributed by atoms with Crippen molar-refractivity contribution in [2.24, 2.45) is 4.99 Å². The molecule has 0 aliphatic heterocycles. The van der Waals surface area contributed by atoms with Crippen LogP contribution in [0.5, 0.6) is 0 Å². The Morgan fingerprint density at radius 3 is 2.86 bits per heavy atom. The molecule has 1 aromatic carbocycles. The Bertz CT molecular complexity index is 819. The number of aromatic nitrogens is 1. The minimum Gasteiger partial charge on any atom is -0.297 e. The summed E-state index contributed by atoms with van der Waals surface area (Å²) >= 11 is 2.38. The number of para-hydroxylation sites is 1. The lowest BCUT2D eigenvalue weighted by Crippen LogP contribution is -2.04. The van der Waals surface area contributed by atoms with Crippen molar-refractivity contribution in [3.05, 3.63) is 57.3 Å². The molecule has 2 aromatic rings. The maximum Gasteiger partial charge on any atom is 0.150 e. The Labute approximate surface area is 145 Å². The van der Waals surface area contributed by atoms with Gasteiger partial charge in [0.2, 0.25) is 0 Å². The molecule has 1 heterocycles. The molecule has 1 aliphatic rings. The number of hydrogen-bond donors (Lipinski definition) is 0. The molecule has 0 saturated heterocycles. The van der Waals surface area contributed by atoms with E-state index in [2.05, 4.69) is 80.7 Å². The number of halogens is 1. The molecule has 1 aliphatic carbocycles. The molecule has 3 heteroatoms. The quantitative estimate of drug-likeness (QED) is 0.349. The topological polar surface area (TPSA) is 17.3 Å². The molecule has 0 bridgehead atoms. The summed E-state index contributed by atoms with van der Waals surface area (Å²) < 4.78 is 3.48. The number of benzene rings is 1. The van der Waals surface area contributed by atoms with Gasteiger partial charge in [-0.05, 0) is 61.4 Å². The van der Waals surface area contributed by atoms with Crippen LogP contribution < -0.4 is 0 Å². The van der Waals surface area contributed by atoms with E-state index in [-0.39, 0.29) is 0 Å². The first-order valence-corrected chi connectivity index (χ1v) is 8.66. The van der Waals surface area contributed by atoms with Gasteiger partial charge in [0.05, 0.1) is 9.10 Å². The lowest BCUT2D eigenvalue weighted by atomic mass is 10.0. The van der Waals surface area contributed by atoms with Crippen LogP contribution >= 0.6 is 22.6 Å². The van der Waals surface area contributed by atoms with Crippen LogP contribution in [0.1, 0.15) is 31.5 Å². The van der Waals surface area contributed by atoms with Crippen molar-refractivity contribution in [2.45, 2.75) is 26.7 Å². The van der Waals surface area contributed by atoms with Gasteiger partial charge in [-0.1, -0.05) is 36.4 Å². The zero-order valence-corrected chi connectivity index (χ0v) is 15.0. The van der Waals surface area contributed by atoms with Crippen molar-refractivity contribution < 1.29 is 0 Å². The Kier molecular flexibility index (Phi) is 4.62. The van der Waals surface area contributed by atoms with Gasteiger partial charge in [-0.25, -0.2) is 4.99 Å². The molecule has 0 saturated carbocycles. The highest BCUT2D eigenvalue weighted by Gasteiger charge is 2.19.